The Hall–Kier alpha value is -3.02. The van der Waals surface area contributed by atoms with Crippen LogP contribution in [0, 0.1) is 5.82 Å². The minimum atomic E-state index is -0.435. The Bertz CT molecular complexity index is 770. The van der Waals surface area contributed by atoms with Crippen molar-refractivity contribution in [3.63, 3.8) is 0 Å². The van der Waals surface area contributed by atoms with Gasteiger partial charge >= 0.3 is 6.01 Å². The molecular formula is C16H12FN3O2. The number of carbonyl (C=O) groups excluding carboxylic acids is 1. The number of benzene rings is 2. The van der Waals surface area contributed by atoms with Gasteiger partial charge in [-0.25, -0.2) is 4.39 Å². The zero-order valence-corrected chi connectivity index (χ0v) is 11.5. The van der Waals surface area contributed by atoms with E-state index in [0.717, 1.165) is 5.56 Å². The smallest absolute Gasteiger partial charge is 0.322 e. The van der Waals surface area contributed by atoms with Crippen molar-refractivity contribution in [2.24, 2.45) is 0 Å². The van der Waals surface area contributed by atoms with Gasteiger partial charge in [0.1, 0.15) is 5.82 Å². The zero-order chi connectivity index (χ0) is 15.4. The first kappa shape index (κ1) is 13.9. The number of hydrogen-bond acceptors (Lipinski definition) is 4. The highest BCUT2D eigenvalue weighted by molar-refractivity contribution is 6.03. The first-order valence-electron chi connectivity index (χ1n) is 6.64. The van der Waals surface area contributed by atoms with Crippen LogP contribution in [-0.4, -0.2) is 16.1 Å². The van der Waals surface area contributed by atoms with Gasteiger partial charge in [0.05, 0.1) is 6.42 Å². The van der Waals surface area contributed by atoms with Crippen molar-refractivity contribution < 1.29 is 13.6 Å². The molecule has 0 unspecified atom stereocenters. The molecule has 1 N–H and O–H groups in total. The summed E-state index contributed by atoms with van der Waals surface area (Å²) in [5.41, 5.74) is 1.34. The van der Waals surface area contributed by atoms with Crippen LogP contribution in [0.1, 0.15) is 21.8 Å². The van der Waals surface area contributed by atoms with Crippen molar-refractivity contribution in [2.75, 3.05) is 5.32 Å². The molecule has 1 heterocycles. The quantitative estimate of drug-likeness (QED) is 0.803. The van der Waals surface area contributed by atoms with Gasteiger partial charge < -0.3 is 4.42 Å². The van der Waals surface area contributed by atoms with Crippen LogP contribution in [0.4, 0.5) is 10.4 Å². The summed E-state index contributed by atoms with van der Waals surface area (Å²) in [7, 11) is 0. The van der Waals surface area contributed by atoms with Gasteiger partial charge in [-0.1, -0.05) is 35.4 Å². The van der Waals surface area contributed by atoms with Crippen molar-refractivity contribution in [1.82, 2.24) is 10.2 Å². The highest BCUT2D eigenvalue weighted by Gasteiger charge is 2.12. The highest BCUT2D eigenvalue weighted by atomic mass is 19.1. The van der Waals surface area contributed by atoms with Gasteiger partial charge in [0.25, 0.3) is 5.91 Å². The molecule has 0 bridgehead atoms. The number of aromatic nitrogens is 2. The van der Waals surface area contributed by atoms with E-state index in [4.69, 9.17) is 4.42 Å². The zero-order valence-electron chi connectivity index (χ0n) is 11.5. The third kappa shape index (κ3) is 3.35. The molecule has 0 atom stereocenters. The maximum Gasteiger partial charge on any atom is 0.322 e. The fourth-order valence-corrected chi connectivity index (χ4v) is 1.92. The molecule has 2 aromatic carbocycles. The molecule has 22 heavy (non-hydrogen) atoms. The lowest BCUT2D eigenvalue weighted by molar-refractivity contribution is 0.102. The average molecular weight is 297 g/mol. The monoisotopic (exact) mass is 297 g/mol. The topological polar surface area (TPSA) is 68.0 Å². The molecule has 0 aliphatic heterocycles. The molecule has 3 rings (SSSR count). The first-order valence-corrected chi connectivity index (χ1v) is 6.64. The summed E-state index contributed by atoms with van der Waals surface area (Å²) >= 11 is 0. The first-order chi connectivity index (χ1) is 10.7. The van der Waals surface area contributed by atoms with Gasteiger partial charge in [0, 0.05) is 5.56 Å². The number of halogens is 1. The fraction of sp³-hybridized carbons (Fsp3) is 0.0625. The summed E-state index contributed by atoms with van der Waals surface area (Å²) in [6.07, 6.45) is 0.486. The van der Waals surface area contributed by atoms with Crippen LogP contribution in [0.15, 0.2) is 59.0 Å². The van der Waals surface area contributed by atoms with E-state index < -0.39 is 11.7 Å². The number of nitrogens with zero attached hydrogens (tertiary/aromatic N) is 2. The average Bonchev–Trinajstić information content (AvgIpc) is 2.96. The second-order valence-electron chi connectivity index (χ2n) is 4.62. The molecule has 6 heteroatoms. The number of rotatable bonds is 4. The number of carbonyl (C=O) groups is 1. The van der Waals surface area contributed by atoms with E-state index in [1.54, 1.807) is 0 Å². The van der Waals surface area contributed by atoms with Crippen LogP contribution in [0.5, 0.6) is 0 Å². The highest BCUT2D eigenvalue weighted by Crippen LogP contribution is 2.12. The van der Waals surface area contributed by atoms with Crippen LogP contribution in [-0.2, 0) is 6.42 Å². The van der Waals surface area contributed by atoms with Crippen LogP contribution in [0.2, 0.25) is 0 Å². The number of nitrogens with one attached hydrogen (secondary N) is 1. The minimum absolute atomic E-state index is 0.0141. The van der Waals surface area contributed by atoms with Crippen molar-refractivity contribution >= 4 is 11.9 Å². The van der Waals surface area contributed by atoms with Crippen LogP contribution < -0.4 is 5.32 Å². The van der Waals surface area contributed by atoms with Crippen LogP contribution in [0.3, 0.4) is 0 Å². The number of hydrogen-bond donors (Lipinski definition) is 1. The van der Waals surface area contributed by atoms with E-state index in [0.29, 0.717) is 17.9 Å². The lowest BCUT2D eigenvalue weighted by Gasteiger charge is -2.00. The lowest BCUT2D eigenvalue weighted by atomic mass is 10.2. The van der Waals surface area contributed by atoms with E-state index in [-0.39, 0.29) is 6.01 Å². The van der Waals surface area contributed by atoms with Crippen molar-refractivity contribution in [3.8, 4) is 0 Å². The summed E-state index contributed by atoms with van der Waals surface area (Å²) in [5, 5.41) is 10.1. The molecule has 0 saturated heterocycles. The van der Waals surface area contributed by atoms with E-state index in [9.17, 15) is 9.18 Å². The van der Waals surface area contributed by atoms with Gasteiger partial charge in [0.15, 0.2) is 0 Å². The summed E-state index contributed by atoms with van der Waals surface area (Å²) in [4.78, 5) is 11.9. The molecule has 0 radical (unpaired) electrons. The second-order valence-corrected chi connectivity index (χ2v) is 4.62. The van der Waals surface area contributed by atoms with Crippen molar-refractivity contribution in [2.45, 2.75) is 6.42 Å². The Kier molecular flexibility index (Phi) is 3.91. The molecule has 3 aromatic rings. The number of amides is 1. The molecule has 1 amide bonds. The summed E-state index contributed by atoms with van der Waals surface area (Å²) in [5.74, 6) is -0.435. The van der Waals surface area contributed by atoms with Crippen molar-refractivity contribution in [1.29, 1.82) is 0 Å². The molecule has 5 nitrogen and oxygen atoms in total. The predicted molar refractivity (Wildman–Crippen MR) is 77.9 cm³/mol. The largest absolute Gasteiger partial charge is 0.407 e. The van der Waals surface area contributed by atoms with Crippen LogP contribution in [0.25, 0.3) is 0 Å². The molecule has 1 aromatic heterocycles. The second kappa shape index (κ2) is 6.17. The maximum absolute atomic E-state index is 12.8. The third-order valence-electron chi connectivity index (χ3n) is 2.99. The maximum atomic E-state index is 12.8. The van der Waals surface area contributed by atoms with E-state index in [2.05, 4.69) is 15.5 Å². The molecule has 0 aliphatic carbocycles. The standard InChI is InChI=1S/C16H12FN3O2/c17-13-8-6-12(7-9-13)15(21)18-16-20-19-14(22-16)10-11-4-2-1-3-5-11/h1-9H,10H2,(H,18,20,21). The summed E-state index contributed by atoms with van der Waals surface area (Å²) in [6.45, 7) is 0. The summed E-state index contributed by atoms with van der Waals surface area (Å²) < 4.78 is 18.2. The summed E-state index contributed by atoms with van der Waals surface area (Å²) in [6, 6.07) is 14.9. The van der Waals surface area contributed by atoms with Gasteiger partial charge in [-0.15, -0.1) is 5.10 Å². The normalized spacial score (nSPS) is 10.4. The third-order valence-corrected chi connectivity index (χ3v) is 2.99. The van der Waals surface area contributed by atoms with Gasteiger partial charge in [0.2, 0.25) is 5.89 Å². The molecule has 0 spiro atoms. The molecule has 0 aliphatic rings. The van der Waals surface area contributed by atoms with E-state index in [1.807, 2.05) is 30.3 Å². The SMILES string of the molecule is O=C(Nc1nnc(Cc2ccccc2)o1)c1ccc(F)cc1. The Morgan fingerprint density at radius 2 is 1.77 bits per heavy atom. The Balaban J connectivity index is 1.66. The number of anilines is 1. The molecule has 110 valence electrons. The predicted octanol–water partition coefficient (Wildman–Crippen LogP) is 3.05. The lowest BCUT2D eigenvalue weighted by Crippen LogP contribution is -2.12. The van der Waals surface area contributed by atoms with E-state index >= 15 is 0 Å². The van der Waals surface area contributed by atoms with Crippen LogP contribution >= 0.6 is 0 Å². The Labute approximate surface area is 125 Å². The van der Waals surface area contributed by atoms with Gasteiger partial charge in [-0.05, 0) is 29.8 Å². The molecule has 0 saturated carbocycles. The Morgan fingerprint density at radius 1 is 1.05 bits per heavy atom. The molecular weight excluding hydrogens is 285 g/mol. The van der Waals surface area contributed by atoms with Gasteiger partial charge in [-0.2, -0.15) is 0 Å². The van der Waals surface area contributed by atoms with Gasteiger partial charge in [-0.3, -0.25) is 10.1 Å². The van der Waals surface area contributed by atoms with E-state index in [1.165, 1.54) is 24.3 Å². The fourth-order valence-electron chi connectivity index (χ4n) is 1.92. The van der Waals surface area contributed by atoms with Crippen molar-refractivity contribution in [3.05, 3.63) is 77.4 Å². The Morgan fingerprint density at radius 3 is 2.50 bits per heavy atom. The minimum Gasteiger partial charge on any atom is -0.407 e. The molecule has 0 fully saturated rings.